The third-order valence-electron chi connectivity index (χ3n) is 1.61. The van der Waals surface area contributed by atoms with Gasteiger partial charge in [0.1, 0.15) is 12.4 Å². The molecule has 0 atom stereocenters. The van der Waals surface area contributed by atoms with E-state index >= 15 is 0 Å². The first-order valence-corrected chi connectivity index (χ1v) is 3.24. The predicted molar refractivity (Wildman–Crippen MR) is 39.0 cm³/mol. The van der Waals surface area contributed by atoms with E-state index in [0.29, 0.717) is 11.4 Å². The molecular weight excluding hydrogens is 144 g/mol. The van der Waals surface area contributed by atoms with Crippen molar-refractivity contribution in [1.82, 2.24) is 5.32 Å². The van der Waals surface area contributed by atoms with E-state index in [2.05, 4.69) is 5.32 Å². The molecule has 0 fully saturated rings. The van der Waals surface area contributed by atoms with Gasteiger partial charge in [-0.25, -0.2) is 5.06 Å². The molecule has 11 heavy (non-hydrogen) atoms. The summed E-state index contributed by atoms with van der Waals surface area (Å²) >= 11 is 0. The van der Waals surface area contributed by atoms with Crippen LogP contribution in [0.2, 0.25) is 0 Å². The first-order chi connectivity index (χ1) is 5.27. The van der Waals surface area contributed by atoms with E-state index in [1.165, 1.54) is 6.07 Å². The Kier molecular flexibility index (Phi) is 1.16. The van der Waals surface area contributed by atoms with Crippen LogP contribution in [-0.4, -0.2) is 17.0 Å². The molecule has 4 heteroatoms. The molecule has 0 aromatic heterocycles. The molecule has 4 nitrogen and oxygen atoms in total. The summed E-state index contributed by atoms with van der Waals surface area (Å²) < 4.78 is 0. The summed E-state index contributed by atoms with van der Waals surface area (Å²) in [6.07, 6.45) is 0. The maximum Gasteiger partial charge on any atom is 0.136 e. The van der Waals surface area contributed by atoms with Crippen molar-refractivity contribution in [2.45, 2.75) is 0 Å². The van der Waals surface area contributed by atoms with Crippen LogP contribution >= 0.6 is 0 Å². The average molecular weight is 151 g/mol. The molecule has 1 aliphatic rings. The Hall–Kier alpha value is -1.42. The van der Waals surface area contributed by atoms with Gasteiger partial charge in [0, 0.05) is 6.07 Å². The maximum atomic E-state index is 9.13. The normalized spacial score (nSPS) is 14.5. The van der Waals surface area contributed by atoms with Gasteiger partial charge in [0.15, 0.2) is 0 Å². The van der Waals surface area contributed by atoms with Crippen LogP contribution in [0.1, 0.15) is 0 Å². The molecule has 57 valence electrons. The maximum absolute atomic E-state index is 9.13. The summed E-state index contributed by atoms with van der Waals surface area (Å²) in [5.41, 5.74) is 1.27. The number of hydrogen-bond donors (Lipinski definition) is 2. The van der Waals surface area contributed by atoms with Gasteiger partial charge in [-0.2, -0.15) is 0 Å². The highest BCUT2D eigenvalue weighted by Crippen LogP contribution is 2.32. The molecule has 1 aromatic carbocycles. The lowest BCUT2D eigenvalue weighted by atomic mass is 10.2. The topological polar surface area (TPSA) is 57.8 Å². The van der Waals surface area contributed by atoms with Crippen molar-refractivity contribution in [3.8, 4) is 5.75 Å². The lowest BCUT2D eigenvalue weighted by Crippen LogP contribution is -2.16. The zero-order chi connectivity index (χ0) is 7.84. The molecule has 1 radical (unpaired) electrons. The van der Waals surface area contributed by atoms with E-state index in [0.717, 1.165) is 5.06 Å². The third kappa shape index (κ3) is 0.877. The predicted octanol–water partition coefficient (Wildman–Crippen LogP) is 0.795. The second-order valence-corrected chi connectivity index (χ2v) is 2.37. The first kappa shape index (κ1) is 6.30. The monoisotopic (exact) mass is 151 g/mol. The summed E-state index contributed by atoms with van der Waals surface area (Å²) in [5, 5.41) is 23.2. The van der Waals surface area contributed by atoms with Gasteiger partial charge in [-0.05, 0) is 12.1 Å². The van der Waals surface area contributed by atoms with Gasteiger partial charge in [0.2, 0.25) is 0 Å². The van der Waals surface area contributed by atoms with Gasteiger partial charge in [-0.15, -0.1) is 0 Å². The van der Waals surface area contributed by atoms with Gasteiger partial charge in [0.25, 0.3) is 0 Å². The smallest absolute Gasteiger partial charge is 0.136 e. The molecule has 2 rings (SSSR count). The highest BCUT2D eigenvalue weighted by atomic mass is 16.5. The van der Waals surface area contributed by atoms with Gasteiger partial charge >= 0.3 is 0 Å². The standard InChI is InChI=1S/C7H7N2O2/c10-5-1-2-6-7(3-5)9(11)4-8-6/h1-3,10-11H,4H2. The fourth-order valence-corrected chi connectivity index (χ4v) is 1.07. The minimum atomic E-state index is 0.139. The quantitative estimate of drug-likeness (QED) is 0.576. The first-order valence-electron chi connectivity index (χ1n) is 3.24. The number of fused-ring (bicyclic) bond motifs is 1. The van der Waals surface area contributed by atoms with Crippen molar-refractivity contribution in [2.75, 3.05) is 11.7 Å². The Morgan fingerprint density at radius 2 is 2.27 bits per heavy atom. The number of hydroxylamine groups is 1. The van der Waals surface area contributed by atoms with E-state index in [4.69, 9.17) is 10.3 Å². The Morgan fingerprint density at radius 3 is 3.09 bits per heavy atom. The Labute approximate surface area is 63.6 Å². The molecular formula is C7H7N2O2. The fourth-order valence-electron chi connectivity index (χ4n) is 1.07. The fraction of sp³-hybridized carbons (Fsp3) is 0.143. The minimum absolute atomic E-state index is 0.139. The molecule has 0 unspecified atom stereocenters. The van der Waals surface area contributed by atoms with Gasteiger partial charge in [-0.1, -0.05) is 0 Å². The van der Waals surface area contributed by atoms with Crippen molar-refractivity contribution in [1.29, 1.82) is 0 Å². The van der Waals surface area contributed by atoms with Crippen LogP contribution in [-0.2, 0) is 0 Å². The van der Waals surface area contributed by atoms with Crippen molar-refractivity contribution < 1.29 is 10.3 Å². The molecule has 0 aliphatic carbocycles. The lowest BCUT2D eigenvalue weighted by Gasteiger charge is -2.06. The molecule has 0 saturated heterocycles. The largest absolute Gasteiger partial charge is 0.508 e. The summed E-state index contributed by atoms with van der Waals surface area (Å²) in [6, 6.07) is 4.69. The van der Waals surface area contributed by atoms with E-state index in [1.807, 2.05) is 0 Å². The molecule has 0 spiro atoms. The minimum Gasteiger partial charge on any atom is -0.508 e. The zero-order valence-corrected chi connectivity index (χ0v) is 5.73. The molecule has 2 N–H and O–H groups in total. The summed E-state index contributed by atoms with van der Waals surface area (Å²) in [4.78, 5) is 0. The number of hydrogen-bond acceptors (Lipinski definition) is 3. The Bertz CT molecular complexity index is 288. The van der Waals surface area contributed by atoms with E-state index in [9.17, 15) is 0 Å². The van der Waals surface area contributed by atoms with E-state index in [1.54, 1.807) is 12.1 Å². The number of nitrogens with zero attached hydrogens (tertiary/aromatic N) is 2. The zero-order valence-electron chi connectivity index (χ0n) is 5.73. The van der Waals surface area contributed by atoms with Crippen molar-refractivity contribution >= 4 is 11.4 Å². The number of phenolic OH excluding ortho intramolecular Hbond substituents is 1. The summed E-state index contributed by atoms with van der Waals surface area (Å²) in [6.45, 7) is 0.249. The van der Waals surface area contributed by atoms with Crippen LogP contribution in [0.25, 0.3) is 0 Å². The number of aromatic hydroxyl groups is 1. The molecule has 0 bridgehead atoms. The third-order valence-corrected chi connectivity index (χ3v) is 1.61. The highest BCUT2D eigenvalue weighted by molar-refractivity contribution is 5.70. The SMILES string of the molecule is Oc1ccc2c(c1)N(O)C[N]2. The van der Waals surface area contributed by atoms with Crippen molar-refractivity contribution in [3.63, 3.8) is 0 Å². The van der Waals surface area contributed by atoms with Crippen LogP contribution < -0.4 is 10.4 Å². The highest BCUT2D eigenvalue weighted by Gasteiger charge is 2.17. The van der Waals surface area contributed by atoms with Gasteiger partial charge in [-0.3, -0.25) is 10.5 Å². The molecule has 1 aromatic rings. The van der Waals surface area contributed by atoms with E-state index in [-0.39, 0.29) is 12.4 Å². The van der Waals surface area contributed by atoms with Crippen LogP contribution in [0.5, 0.6) is 5.75 Å². The van der Waals surface area contributed by atoms with Crippen LogP contribution in [0.15, 0.2) is 18.2 Å². The van der Waals surface area contributed by atoms with Crippen LogP contribution in [0.3, 0.4) is 0 Å². The summed E-state index contributed by atoms with van der Waals surface area (Å²) in [7, 11) is 0. The lowest BCUT2D eigenvalue weighted by molar-refractivity contribution is 0.259. The second-order valence-electron chi connectivity index (χ2n) is 2.37. The molecule has 0 amide bonds. The number of anilines is 1. The van der Waals surface area contributed by atoms with E-state index < -0.39 is 0 Å². The Morgan fingerprint density at radius 1 is 1.45 bits per heavy atom. The molecule has 1 heterocycles. The number of rotatable bonds is 0. The number of benzene rings is 1. The van der Waals surface area contributed by atoms with Crippen molar-refractivity contribution in [3.05, 3.63) is 18.2 Å². The average Bonchev–Trinajstić information content (AvgIpc) is 2.33. The molecule has 1 aliphatic heterocycles. The number of phenols is 1. The van der Waals surface area contributed by atoms with Crippen LogP contribution in [0, 0.1) is 0 Å². The summed E-state index contributed by atoms with van der Waals surface area (Å²) in [5.74, 6) is 0.139. The van der Waals surface area contributed by atoms with Gasteiger partial charge in [0.05, 0.1) is 11.4 Å². The molecule has 0 saturated carbocycles. The van der Waals surface area contributed by atoms with Gasteiger partial charge < -0.3 is 5.11 Å². The second kappa shape index (κ2) is 2.03. The van der Waals surface area contributed by atoms with Crippen molar-refractivity contribution in [2.24, 2.45) is 0 Å². The van der Waals surface area contributed by atoms with Crippen LogP contribution in [0.4, 0.5) is 11.4 Å². The Balaban J connectivity index is 2.52.